The smallest absolute Gasteiger partial charge is 0.0107 e. The molecule has 2 aliphatic rings. The van der Waals surface area contributed by atoms with Crippen molar-refractivity contribution in [2.45, 2.75) is 87.6 Å². The van der Waals surface area contributed by atoms with Crippen molar-refractivity contribution in [1.29, 1.82) is 0 Å². The zero-order valence-corrected chi connectivity index (χ0v) is 19.7. The topological polar surface area (TPSA) is 18.5 Å². The van der Waals surface area contributed by atoms with E-state index in [-0.39, 0.29) is 0 Å². The lowest BCUT2D eigenvalue weighted by atomic mass is 9.69. The highest BCUT2D eigenvalue weighted by molar-refractivity contribution is 4.85. The third-order valence-corrected chi connectivity index (χ3v) is 5.96. The number of likely N-dealkylation sites (N-methyl/N-ethyl adjacent to an activating group) is 1. The van der Waals surface area contributed by atoms with Gasteiger partial charge < -0.3 is 15.1 Å². The minimum Gasteiger partial charge on any atom is -0.314 e. The van der Waals surface area contributed by atoms with Crippen LogP contribution < -0.4 is 5.32 Å². The molecule has 0 saturated carbocycles. The molecule has 0 spiro atoms. The molecular weight excluding hydrogens is 318 g/mol. The molecule has 0 atom stereocenters. The van der Waals surface area contributed by atoms with Crippen molar-refractivity contribution in [2.24, 2.45) is 17.3 Å². The maximum atomic E-state index is 3.31. The van der Waals surface area contributed by atoms with Gasteiger partial charge in [-0.25, -0.2) is 0 Å². The second kappa shape index (κ2) is 14.0. The number of piperazine rings is 1. The van der Waals surface area contributed by atoms with Crippen molar-refractivity contribution in [1.82, 2.24) is 15.1 Å². The average molecular weight is 370 g/mol. The Bertz CT molecular complexity index is 311. The Kier molecular flexibility index (Phi) is 13.9. The zero-order valence-electron chi connectivity index (χ0n) is 19.7. The highest BCUT2D eigenvalue weighted by Gasteiger charge is 2.33. The molecular formula is C23H51N3. The molecule has 0 bridgehead atoms. The summed E-state index contributed by atoms with van der Waals surface area (Å²) in [6.45, 7) is 29.1. The van der Waals surface area contributed by atoms with Gasteiger partial charge in [-0.1, -0.05) is 48.5 Å². The lowest BCUT2D eigenvalue weighted by Gasteiger charge is -2.42. The van der Waals surface area contributed by atoms with Gasteiger partial charge in [-0.2, -0.15) is 0 Å². The van der Waals surface area contributed by atoms with E-state index in [0.717, 1.165) is 17.9 Å². The molecule has 0 aromatic carbocycles. The Balaban J connectivity index is 0.000000522. The van der Waals surface area contributed by atoms with E-state index >= 15 is 0 Å². The van der Waals surface area contributed by atoms with Gasteiger partial charge >= 0.3 is 0 Å². The summed E-state index contributed by atoms with van der Waals surface area (Å²) in [7, 11) is 0. The Morgan fingerprint density at radius 3 is 1.77 bits per heavy atom. The maximum Gasteiger partial charge on any atom is 0.0107 e. The molecule has 3 heteroatoms. The molecule has 0 unspecified atom stereocenters. The summed E-state index contributed by atoms with van der Waals surface area (Å²) in [5.41, 5.74) is 0.539. The third-order valence-electron chi connectivity index (χ3n) is 5.96. The summed E-state index contributed by atoms with van der Waals surface area (Å²) in [5, 5.41) is 3.31. The molecule has 0 aromatic rings. The molecule has 1 N–H and O–H groups in total. The van der Waals surface area contributed by atoms with E-state index < -0.39 is 0 Å². The quantitative estimate of drug-likeness (QED) is 0.726. The van der Waals surface area contributed by atoms with Crippen LogP contribution in [-0.2, 0) is 0 Å². The van der Waals surface area contributed by atoms with Crippen LogP contribution in [0, 0.1) is 17.3 Å². The van der Waals surface area contributed by atoms with Gasteiger partial charge in [0.05, 0.1) is 0 Å². The van der Waals surface area contributed by atoms with Crippen LogP contribution in [0.1, 0.15) is 81.6 Å². The number of hydrogen-bond donors (Lipinski definition) is 1. The van der Waals surface area contributed by atoms with Crippen molar-refractivity contribution >= 4 is 0 Å². The van der Waals surface area contributed by atoms with Crippen LogP contribution in [0.3, 0.4) is 0 Å². The first-order valence-electron chi connectivity index (χ1n) is 11.4. The monoisotopic (exact) mass is 369 g/mol. The fourth-order valence-corrected chi connectivity index (χ4v) is 4.44. The molecule has 0 aliphatic carbocycles. The number of likely N-dealkylation sites (tertiary alicyclic amines) is 1. The van der Waals surface area contributed by atoms with Crippen molar-refractivity contribution in [3.8, 4) is 0 Å². The lowest BCUT2D eigenvalue weighted by molar-refractivity contribution is 0.0702. The molecule has 26 heavy (non-hydrogen) atoms. The van der Waals surface area contributed by atoms with Crippen molar-refractivity contribution in [3.05, 3.63) is 0 Å². The predicted octanol–water partition coefficient (Wildman–Crippen LogP) is 5.12. The summed E-state index contributed by atoms with van der Waals surface area (Å²) in [5.74, 6) is 1.77. The highest BCUT2D eigenvalue weighted by atomic mass is 15.2. The number of nitrogens with zero attached hydrogens (tertiary/aromatic N) is 2. The van der Waals surface area contributed by atoms with Crippen molar-refractivity contribution in [3.63, 3.8) is 0 Å². The Labute approximate surface area is 166 Å². The van der Waals surface area contributed by atoms with Gasteiger partial charge in [0, 0.05) is 32.2 Å². The minimum atomic E-state index is 0.539. The molecule has 158 valence electrons. The summed E-state index contributed by atoms with van der Waals surface area (Å²) < 4.78 is 0. The van der Waals surface area contributed by atoms with Gasteiger partial charge in [0.25, 0.3) is 0 Å². The zero-order chi connectivity index (χ0) is 20.2. The molecule has 2 fully saturated rings. The normalized spacial score (nSPS) is 20.4. The van der Waals surface area contributed by atoms with Crippen LogP contribution in [0.25, 0.3) is 0 Å². The lowest BCUT2D eigenvalue weighted by Crippen LogP contribution is -2.43. The van der Waals surface area contributed by atoms with Gasteiger partial charge in [0.2, 0.25) is 0 Å². The fourth-order valence-electron chi connectivity index (χ4n) is 4.44. The third kappa shape index (κ3) is 10.3. The summed E-state index contributed by atoms with van der Waals surface area (Å²) >= 11 is 0. The number of piperidine rings is 1. The van der Waals surface area contributed by atoms with E-state index in [2.05, 4.69) is 63.6 Å². The highest BCUT2D eigenvalue weighted by Crippen LogP contribution is 2.40. The first kappa shape index (κ1) is 25.9. The van der Waals surface area contributed by atoms with Gasteiger partial charge in [-0.3, -0.25) is 0 Å². The Hall–Kier alpha value is -0.120. The second-order valence-corrected chi connectivity index (χ2v) is 9.17. The summed E-state index contributed by atoms with van der Waals surface area (Å²) in [6.07, 6.45) is 4.18. The van der Waals surface area contributed by atoms with Crippen LogP contribution in [0.15, 0.2) is 0 Å². The van der Waals surface area contributed by atoms with E-state index in [1.165, 1.54) is 65.1 Å². The summed E-state index contributed by atoms with van der Waals surface area (Å²) in [6, 6.07) is 0.731. The molecule has 3 nitrogen and oxygen atoms in total. The number of hydrogen-bond acceptors (Lipinski definition) is 3. The molecule has 0 radical (unpaired) electrons. The van der Waals surface area contributed by atoms with Crippen LogP contribution >= 0.6 is 0 Å². The first-order chi connectivity index (χ1) is 12.3. The molecule has 0 aromatic heterocycles. The van der Waals surface area contributed by atoms with Gasteiger partial charge in [-0.05, 0) is 70.0 Å². The fraction of sp³-hybridized carbons (Fsp3) is 1.00. The van der Waals surface area contributed by atoms with E-state index in [1.807, 2.05) is 13.8 Å². The van der Waals surface area contributed by atoms with Crippen LogP contribution in [-0.4, -0.2) is 61.7 Å². The predicted molar refractivity (Wildman–Crippen MR) is 119 cm³/mol. The molecule has 2 saturated heterocycles. The van der Waals surface area contributed by atoms with Gasteiger partial charge in [0.15, 0.2) is 0 Å². The van der Waals surface area contributed by atoms with Gasteiger partial charge in [-0.15, -0.1) is 0 Å². The molecule has 2 aliphatic heterocycles. The van der Waals surface area contributed by atoms with Gasteiger partial charge in [0.1, 0.15) is 0 Å². The molecule has 2 rings (SSSR count). The van der Waals surface area contributed by atoms with E-state index in [1.54, 1.807) is 0 Å². The van der Waals surface area contributed by atoms with E-state index in [9.17, 15) is 0 Å². The van der Waals surface area contributed by atoms with E-state index in [0.29, 0.717) is 5.41 Å². The minimum absolute atomic E-state index is 0.539. The summed E-state index contributed by atoms with van der Waals surface area (Å²) in [4.78, 5) is 5.08. The SMILES string of the molecule is CC.CC(C)CC(C)(C)C1CCN(C(C)C)CC1.CCN1CCNCC1. The largest absolute Gasteiger partial charge is 0.314 e. The number of nitrogens with one attached hydrogen (secondary N) is 1. The Morgan fingerprint density at radius 1 is 0.923 bits per heavy atom. The first-order valence-corrected chi connectivity index (χ1v) is 11.4. The van der Waals surface area contributed by atoms with Crippen LogP contribution in [0.2, 0.25) is 0 Å². The van der Waals surface area contributed by atoms with Crippen molar-refractivity contribution < 1.29 is 0 Å². The van der Waals surface area contributed by atoms with Crippen LogP contribution in [0.4, 0.5) is 0 Å². The standard InChI is InChI=1S/C15H31N.C6H14N2.C2H6/c1-12(2)11-15(5,6)14-7-9-16(10-8-14)13(3)4;1-2-8-5-3-7-4-6-8;1-2/h12-14H,7-11H2,1-6H3;7H,2-6H2,1H3;1-2H3. The van der Waals surface area contributed by atoms with E-state index in [4.69, 9.17) is 0 Å². The molecule has 2 heterocycles. The molecule has 0 amide bonds. The van der Waals surface area contributed by atoms with Crippen molar-refractivity contribution in [2.75, 3.05) is 45.8 Å². The Morgan fingerprint density at radius 2 is 1.42 bits per heavy atom. The average Bonchev–Trinajstić information content (AvgIpc) is 2.63. The second-order valence-electron chi connectivity index (χ2n) is 9.17. The maximum absolute atomic E-state index is 3.31. The number of rotatable bonds is 5. The van der Waals surface area contributed by atoms with Crippen LogP contribution in [0.5, 0.6) is 0 Å².